The van der Waals surface area contributed by atoms with Crippen LogP contribution in [0, 0.1) is 11.6 Å². The Bertz CT molecular complexity index is 549. The normalized spacial score (nSPS) is 10.5. The molecule has 5 heteroatoms. The van der Waals surface area contributed by atoms with E-state index in [1.165, 1.54) is 12.1 Å². The molecule has 0 amide bonds. The van der Waals surface area contributed by atoms with Crippen LogP contribution in [0.4, 0.5) is 14.5 Å². The molecule has 0 saturated carbocycles. The lowest BCUT2D eigenvalue weighted by atomic mass is 10.1. The van der Waals surface area contributed by atoms with Crippen molar-refractivity contribution >= 4 is 21.6 Å². The standard InChI is InChI=1S/C14H12BrF2NO/c15-11-5-12(16)14(13(17)6-11)18-7-9-1-3-10(8-19)4-2-9/h1-6,18-19H,7-8H2. The van der Waals surface area contributed by atoms with Crippen LogP contribution in [0.15, 0.2) is 40.9 Å². The van der Waals surface area contributed by atoms with Crippen LogP contribution in [-0.4, -0.2) is 5.11 Å². The number of anilines is 1. The van der Waals surface area contributed by atoms with Crippen molar-refractivity contribution in [2.24, 2.45) is 0 Å². The topological polar surface area (TPSA) is 32.3 Å². The fourth-order valence-electron chi connectivity index (χ4n) is 1.66. The molecule has 0 aliphatic carbocycles. The Kier molecular flexibility index (Phi) is 4.50. The van der Waals surface area contributed by atoms with Gasteiger partial charge in [0.1, 0.15) is 17.3 Å². The van der Waals surface area contributed by atoms with Gasteiger partial charge in [-0.2, -0.15) is 0 Å². The molecule has 0 aliphatic heterocycles. The third-order valence-electron chi connectivity index (χ3n) is 2.68. The lowest BCUT2D eigenvalue weighted by molar-refractivity contribution is 0.282. The lowest BCUT2D eigenvalue weighted by Gasteiger charge is -2.09. The summed E-state index contributed by atoms with van der Waals surface area (Å²) in [5.74, 6) is -1.28. The maximum Gasteiger partial charge on any atom is 0.150 e. The molecule has 0 bridgehead atoms. The zero-order valence-corrected chi connectivity index (χ0v) is 11.5. The van der Waals surface area contributed by atoms with E-state index in [9.17, 15) is 8.78 Å². The summed E-state index contributed by atoms with van der Waals surface area (Å²) < 4.78 is 27.5. The van der Waals surface area contributed by atoms with Crippen LogP contribution in [0.25, 0.3) is 0 Å². The van der Waals surface area contributed by atoms with Crippen molar-refractivity contribution in [2.45, 2.75) is 13.2 Å². The molecular weight excluding hydrogens is 316 g/mol. The number of hydrogen-bond donors (Lipinski definition) is 2. The zero-order chi connectivity index (χ0) is 13.8. The van der Waals surface area contributed by atoms with Gasteiger partial charge < -0.3 is 10.4 Å². The molecule has 0 aromatic heterocycles. The Hall–Kier alpha value is -1.46. The molecule has 2 nitrogen and oxygen atoms in total. The van der Waals surface area contributed by atoms with E-state index in [4.69, 9.17) is 5.11 Å². The van der Waals surface area contributed by atoms with Gasteiger partial charge in [-0.3, -0.25) is 0 Å². The number of nitrogens with one attached hydrogen (secondary N) is 1. The van der Waals surface area contributed by atoms with E-state index in [1.54, 1.807) is 24.3 Å². The predicted molar refractivity (Wildman–Crippen MR) is 73.7 cm³/mol. The molecule has 0 atom stereocenters. The summed E-state index contributed by atoms with van der Waals surface area (Å²) >= 11 is 3.03. The highest BCUT2D eigenvalue weighted by atomic mass is 79.9. The monoisotopic (exact) mass is 327 g/mol. The Labute approximate surface area is 118 Å². The molecule has 2 aromatic rings. The molecule has 0 fully saturated rings. The highest BCUT2D eigenvalue weighted by Gasteiger charge is 2.09. The van der Waals surface area contributed by atoms with E-state index >= 15 is 0 Å². The number of rotatable bonds is 4. The van der Waals surface area contributed by atoms with Gasteiger partial charge in [-0.25, -0.2) is 8.78 Å². The maximum atomic E-state index is 13.6. The minimum Gasteiger partial charge on any atom is -0.392 e. The lowest BCUT2D eigenvalue weighted by Crippen LogP contribution is -2.04. The first kappa shape index (κ1) is 14.0. The highest BCUT2D eigenvalue weighted by molar-refractivity contribution is 9.10. The molecule has 0 saturated heterocycles. The first-order chi connectivity index (χ1) is 9.10. The summed E-state index contributed by atoms with van der Waals surface area (Å²) in [4.78, 5) is 0. The van der Waals surface area contributed by atoms with E-state index in [0.29, 0.717) is 11.0 Å². The van der Waals surface area contributed by atoms with Gasteiger partial charge in [0.2, 0.25) is 0 Å². The Morgan fingerprint density at radius 3 is 2.05 bits per heavy atom. The van der Waals surface area contributed by atoms with Crippen LogP contribution >= 0.6 is 15.9 Å². The maximum absolute atomic E-state index is 13.6. The molecule has 19 heavy (non-hydrogen) atoms. The third-order valence-corrected chi connectivity index (χ3v) is 3.14. The fraction of sp³-hybridized carbons (Fsp3) is 0.143. The summed E-state index contributed by atoms with van der Waals surface area (Å²) in [7, 11) is 0. The van der Waals surface area contributed by atoms with Gasteiger partial charge in [-0.15, -0.1) is 0 Å². The summed E-state index contributed by atoms with van der Waals surface area (Å²) in [6.45, 7) is 0.283. The molecule has 0 unspecified atom stereocenters. The minimum atomic E-state index is -0.640. The van der Waals surface area contributed by atoms with Crippen LogP contribution in [0.2, 0.25) is 0 Å². The molecular formula is C14H12BrF2NO. The van der Waals surface area contributed by atoms with Crippen molar-refractivity contribution in [3.63, 3.8) is 0 Å². The van der Waals surface area contributed by atoms with E-state index in [-0.39, 0.29) is 12.3 Å². The van der Waals surface area contributed by atoms with Gasteiger partial charge in [0.05, 0.1) is 6.61 Å². The smallest absolute Gasteiger partial charge is 0.150 e. The van der Waals surface area contributed by atoms with Gasteiger partial charge in [-0.1, -0.05) is 40.2 Å². The summed E-state index contributed by atoms with van der Waals surface area (Å²) in [6.07, 6.45) is 0. The Morgan fingerprint density at radius 2 is 1.53 bits per heavy atom. The fourth-order valence-corrected chi connectivity index (χ4v) is 2.07. The molecule has 0 spiro atoms. The molecule has 2 rings (SSSR count). The second kappa shape index (κ2) is 6.12. The van der Waals surface area contributed by atoms with Crippen molar-refractivity contribution in [3.05, 3.63) is 63.6 Å². The number of hydrogen-bond acceptors (Lipinski definition) is 2. The SMILES string of the molecule is OCc1ccc(CNc2c(F)cc(Br)cc2F)cc1. The molecule has 0 aliphatic rings. The van der Waals surface area contributed by atoms with Gasteiger partial charge in [0, 0.05) is 11.0 Å². The van der Waals surface area contributed by atoms with Crippen molar-refractivity contribution in [2.75, 3.05) is 5.32 Å². The average molecular weight is 328 g/mol. The quantitative estimate of drug-likeness (QED) is 0.894. The predicted octanol–water partition coefficient (Wildman–Crippen LogP) is 3.83. The second-order valence-corrected chi connectivity index (χ2v) is 4.99. The largest absolute Gasteiger partial charge is 0.392 e. The Morgan fingerprint density at radius 1 is 1.00 bits per heavy atom. The third kappa shape index (κ3) is 3.52. The molecule has 0 radical (unpaired) electrons. The average Bonchev–Trinajstić information content (AvgIpc) is 2.38. The number of benzene rings is 2. The van der Waals surface area contributed by atoms with Gasteiger partial charge in [-0.05, 0) is 23.3 Å². The minimum absolute atomic E-state index is 0.0241. The van der Waals surface area contributed by atoms with Gasteiger partial charge in [0.15, 0.2) is 0 Å². The van der Waals surface area contributed by atoms with Gasteiger partial charge >= 0.3 is 0 Å². The van der Waals surface area contributed by atoms with Crippen LogP contribution in [0.5, 0.6) is 0 Å². The van der Waals surface area contributed by atoms with Crippen LogP contribution in [0.3, 0.4) is 0 Å². The summed E-state index contributed by atoms with van der Waals surface area (Å²) in [5, 5.41) is 11.6. The Balaban J connectivity index is 2.10. The van der Waals surface area contributed by atoms with Crippen molar-refractivity contribution in [1.29, 1.82) is 0 Å². The zero-order valence-electron chi connectivity index (χ0n) is 9.96. The van der Waals surface area contributed by atoms with Crippen LogP contribution in [-0.2, 0) is 13.2 Å². The van der Waals surface area contributed by atoms with E-state index < -0.39 is 11.6 Å². The summed E-state index contributed by atoms with van der Waals surface area (Å²) in [6, 6.07) is 9.55. The molecule has 2 N–H and O–H groups in total. The number of aliphatic hydroxyl groups is 1. The molecule has 100 valence electrons. The van der Waals surface area contributed by atoms with Crippen LogP contribution < -0.4 is 5.32 Å². The summed E-state index contributed by atoms with van der Waals surface area (Å²) in [5.41, 5.74) is 1.53. The van der Waals surface area contributed by atoms with Crippen molar-refractivity contribution in [3.8, 4) is 0 Å². The van der Waals surface area contributed by atoms with E-state index in [1.807, 2.05) is 0 Å². The first-order valence-electron chi connectivity index (χ1n) is 5.67. The van der Waals surface area contributed by atoms with Gasteiger partial charge in [0.25, 0.3) is 0 Å². The van der Waals surface area contributed by atoms with E-state index in [2.05, 4.69) is 21.2 Å². The van der Waals surface area contributed by atoms with Crippen LogP contribution in [0.1, 0.15) is 11.1 Å². The highest BCUT2D eigenvalue weighted by Crippen LogP contribution is 2.24. The number of halogens is 3. The first-order valence-corrected chi connectivity index (χ1v) is 6.46. The molecule has 2 aromatic carbocycles. The van der Waals surface area contributed by atoms with Crippen molar-refractivity contribution in [1.82, 2.24) is 0 Å². The van der Waals surface area contributed by atoms with E-state index in [0.717, 1.165) is 11.1 Å². The molecule has 0 heterocycles. The second-order valence-electron chi connectivity index (χ2n) is 4.07. The number of aliphatic hydroxyl groups excluding tert-OH is 1. The van der Waals surface area contributed by atoms with Crippen molar-refractivity contribution < 1.29 is 13.9 Å².